The largest absolute Gasteiger partial charge is 0.325 e. The van der Waals surface area contributed by atoms with E-state index in [1.54, 1.807) is 24.1 Å². The quantitative estimate of drug-likeness (QED) is 0.567. The molecule has 2 bridgehead atoms. The van der Waals surface area contributed by atoms with Gasteiger partial charge in [-0.1, -0.05) is 6.07 Å². The van der Waals surface area contributed by atoms with E-state index in [2.05, 4.69) is 10.1 Å². The van der Waals surface area contributed by atoms with Crippen LogP contribution in [0.4, 0.5) is 13.2 Å². The molecule has 0 N–H and O–H groups in total. The van der Waals surface area contributed by atoms with Crippen molar-refractivity contribution in [1.82, 2.24) is 19.7 Å². The number of hydrogen-bond donors (Lipinski definition) is 0. The number of rotatable bonds is 2. The molecule has 1 amide bonds. The van der Waals surface area contributed by atoms with Crippen molar-refractivity contribution < 1.29 is 18.0 Å². The van der Waals surface area contributed by atoms with Crippen molar-refractivity contribution >= 4 is 5.91 Å². The Morgan fingerprint density at radius 2 is 1.94 bits per heavy atom. The van der Waals surface area contributed by atoms with Crippen LogP contribution in [0.1, 0.15) is 52.7 Å². The Balaban J connectivity index is 1.59. The summed E-state index contributed by atoms with van der Waals surface area (Å²) in [5.41, 5.74) is 2.58. The number of fused-ring (bicyclic) bond motifs is 4. The van der Waals surface area contributed by atoms with Crippen molar-refractivity contribution in [1.29, 1.82) is 5.26 Å². The number of nitriles is 1. The van der Waals surface area contributed by atoms with Crippen molar-refractivity contribution in [3.8, 4) is 17.3 Å². The molecule has 9 heteroatoms. The summed E-state index contributed by atoms with van der Waals surface area (Å²) in [7, 11) is 1.67. The van der Waals surface area contributed by atoms with Gasteiger partial charge in [-0.25, -0.2) is 18.2 Å². The van der Waals surface area contributed by atoms with Crippen molar-refractivity contribution in [2.75, 3.05) is 0 Å². The maximum Gasteiger partial charge on any atom is 0.273 e. The van der Waals surface area contributed by atoms with Crippen LogP contribution < -0.4 is 0 Å². The first-order valence-corrected chi connectivity index (χ1v) is 10.3. The number of hydrogen-bond acceptors (Lipinski definition) is 4. The third-order valence-electron chi connectivity index (χ3n) is 6.25. The molecular weight excluding hydrogens is 419 g/mol. The lowest BCUT2D eigenvalue weighted by atomic mass is 9.81. The second-order valence-electron chi connectivity index (χ2n) is 8.13. The average molecular weight is 437 g/mol. The first kappa shape index (κ1) is 20.2. The van der Waals surface area contributed by atoms with E-state index in [0.29, 0.717) is 24.2 Å². The Morgan fingerprint density at radius 3 is 2.66 bits per heavy atom. The Morgan fingerprint density at radius 1 is 1.19 bits per heavy atom. The van der Waals surface area contributed by atoms with Gasteiger partial charge >= 0.3 is 0 Å². The van der Waals surface area contributed by atoms with Crippen molar-refractivity contribution in [2.45, 2.75) is 37.8 Å². The van der Waals surface area contributed by atoms with Gasteiger partial charge in [0.05, 0.1) is 17.4 Å². The fraction of sp³-hybridized carbons (Fsp3) is 0.304. The van der Waals surface area contributed by atoms with Crippen LogP contribution in [0.15, 0.2) is 30.3 Å². The van der Waals surface area contributed by atoms with Crippen LogP contribution in [-0.2, 0) is 13.5 Å². The van der Waals surface area contributed by atoms with Gasteiger partial charge in [-0.3, -0.25) is 9.48 Å². The maximum atomic E-state index is 13.9. The lowest BCUT2D eigenvalue weighted by Crippen LogP contribution is -2.50. The highest BCUT2D eigenvalue weighted by Gasteiger charge is 2.44. The first-order valence-electron chi connectivity index (χ1n) is 10.3. The summed E-state index contributed by atoms with van der Waals surface area (Å²) in [6.07, 6.45) is 2.82. The van der Waals surface area contributed by atoms with Gasteiger partial charge < -0.3 is 4.90 Å². The molecule has 2 unspecified atom stereocenters. The highest BCUT2D eigenvalue weighted by molar-refractivity contribution is 5.93. The lowest BCUT2D eigenvalue weighted by molar-refractivity contribution is 0.0386. The minimum atomic E-state index is -1.51. The Labute approximate surface area is 181 Å². The van der Waals surface area contributed by atoms with Crippen molar-refractivity contribution in [3.05, 3.63) is 70.4 Å². The van der Waals surface area contributed by atoms with Crippen molar-refractivity contribution in [3.63, 3.8) is 0 Å². The van der Waals surface area contributed by atoms with Gasteiger partial charge in [-0.15, -0.1) is 0 Å². The number of piperidine rings is 1. The Kier molecular flexibility index (Phi) is 4.73. The highest BCUT2D eigenvalue weighted by atomic mass is 19.2. The van der Waals surface area contributed by atoms with E-state index in [1.165, 1.54) is 10.7 Å². The number of amides is 1. The molecule has 1 aromatic carbocycles. The molecule has 32 heavy (non-hydrogen) atoms. The smallest absolute Gasteiger partial charge is 0.273 e. The predicted octanol–water partition coefficient (Wildman–Crippen LogP) is 4.06. The second kappa shape index (κ2) is 7.48. The Hall–Kier alpha value is -3.67. The van der Waals surface area contributed by atoms with Gasteiger partial charge in [-0.2, -0.15) is 10.4 Å². The maximum absolute atomic E-state index is 13.9. The molecule has 1 fully saturated rings. The monoisotopic (exact) mass is 437 g/mol. The number of aromatic nitrogens is 3. The summed E-state index contributed by atoms with van der Waals surface area (Å²) < 4.78 is 42.9. The second-order valence-corrected chi connectivity index (χ2v) is 8.13. The number of benzene rings is 1. The number of nitrogens with zero attached hydrogens (tertiary/aromatic N) is 5. The van der Waals surface area contributed by atoms with Gasteiger partial charge in [-0.05, 0) is 49.9 Å². The summed E-state index contributed by atoms with van der Waals surface area (Å²) in [4.78, 5) is 19.3. The average Bonchev–Trinajstić information content (AvgIpc) is 3.11. The molecule has 2 aromatic heterocycles. The van der Waals surface area contributed by atoms with Gasteiger partial charge in [0, 0.05) is 24.2 Å². The zero-order valence-electron chi connectivity index (χ0n) is 17.1. The third-order valence-corrected chi connectivity index (χ3v) is 6.25. The summed E-state index contributed by atoms with van der Waals surface area (Å²) in [5, 5.41) is 13.7. The van der Waals surface area contributed by atoms with Crippen LogP contribution in [0, 0.1) is 28.8 Å². The van der Waals surface area contributed by atoms with Crippen LogP contribution >= 0.6 is 0 Å². The zero-order valence-corrected chi connectivity index (χ0v) is 17.1. The van der Waals surface area contributed by atoms with Crippen LogP contribution in [0.5, 0.6) is 0 Å². The molecule has 2 atom stereocenters. The summed E-state index contributed by atoms with van der Waals surface area (Å²) in [6, 6.07) is 8.19. The van der Waals surface area contributed by atoms with Crippen LogP contribution in [0.3, 0.4) is 0 Å². The molecule has 1 saturated heterocycles. The number of aryl methyl sites for hydroxylation is 1. The van der Waals surface area contributed by atoms with Crippen LogP contribution in [0.25, 0.3) is 11.3 Å². The molecule has 162 valence electrons. The van der Waals surface area contributed by atoms with E-state index in [0.717, 1.165) is 30.5 Å². The third kappa shape index (κ3) is 3.06. The fourth-order valence-corrected chi connectivity index (χ4v) is 4.95. The SMILES string of the molecule is Cn1nc2c(c1-c1cc(F)c(F)c(F)c1)CC1CCCC2N1C(=O)c1cccc(C#N)n1. The highest BCUT2D eigenvalue weighted by Crippen LogP contribution is 2.45. The summed E-state index contributed by atoms with van der Waals surface area (Å²) in [5.74, 6) is -4.29. The predicted molar refractivity (Wildman–Crippen MR) is 108 cm³/mol. The van der Waals surface area contributed by atoms with Gasteiger partial charge in [0.2, 0.25) is 0 Å². The van der Waals surface area contributed by atoms with E-state index in [1.807, 2.05) is 6.07 Å². The fourth-order valence-electron chi connectivity index (χ4n) is 4.95. The number of carbonyl (C=O) groups is 1. The molecule has 2 aliphatic rings. The molecule has 5 rings (SSSR count). The molecule has 6 nitrogen and oxygen atoms in total. The van der Waals surface area contributed by atoms with E-state index in [-0.39, 0.29) is 34.9 Å². The number of carbonyl (C=O) groups excluding carboxylic acids is 1. The summed E-state index contributed by atoms with van der Waals surface area (Å²) >= 11 is 0. The molecule has 0 aliphatic carbocycles. The molecular formula is C23H18F3N5O. The van der Waals surface area contributed by atoms with E-state index < -0.39 is 17.5 Å². The molecule has 3 aromatic rings. The first-order chi connectivity index (χ1) is 15.4. The Bertz CT molecular complexity index is 1270. The molecule has 0 saturated carbocycles. The normalized spacial score (nSPS) is 19.4. The zero-order chi connectivity index (χ0) is 22.6. The standard InChI is InChI=1S/C23H18F3N5O/c1-30-22(12-8-16(24)20(26)17(25)9-12)15-10-14-5-3-7-19(21(15)29-30)31(14)23(32)18-6-2-4-13(11-27)28-18/h2,4,6,8-9,14,19H,3,5,7,10H2,1H3. The molecule has 2 aliphatic heterocycles. The van der Waals surface area contributed by atoms with Crippen LogP contribution in [-0.4, -0.2) is 31.6 Å². The molecule has 0 radical (unpaired) electrons. The number of pyridine rings is 1. The van der Waals surface area contributed by atoms with E-state index in [4.69, 9.17) is 5.26 Å². The van der Waals surface area contributed by atoms with Gasteiger partial charge in [0.25, 0.3) is 5.91 Å². The lowest BCUT2D eigenvalue weighted by Gasteiger charge is -2.45. The van der Waals surface area contributed by atoms with Crippen molar-refractivity contribution in [2.24, 2.45) is 7.05 Å². The number of halogens is 3. The van der Waals surface area contributed by atoms with Gasteiger partial charge in [0.15, 0.2) is 17.5 Å². The van der Waals surface area contributed by atoms with Crippen LogP contribution in [0.2, 0.25) is 0 Å². The topological polar surface area (TPSA) is 74.8 Å². The van der Waals surface area contributed by atoms with Gasteiger partial charge in [0.1, 0.15) is 17.5 Å². The minimum Gasteiger partial charge on any atom is -0.325 e. The molecule has 4 heterocycles. The van der Waals surface area contributed by atoms with E-state index >= 15 is 0 Å². The summed E-state index contributed by atoms with van der Waals surface area (Å²) in [6.45, 7) is 0. The minimum absolute atomic E-state index is 0.139. The molecule has 0 spiro atoms. The van der Waals surface area contributed by atoms with E-state index in [9.17, 15) is 18.0 Å².